The number of urea groups is 1. The molecule has 7 nitrogen and oxygen atoms in total. The fourth-order valence-corrected chi connectivity index (χ4v) is 3.35. The Morgan fingerprint density at radius 1 is 1.10 bits per heavy atom. The van der Waals surface area contributed by atoms with Crippen molar-refractivity contribution in [3.8, 4) is 11.5 Å². The molecule has 2 aromatic rings. The minimum absolute atomic E-state index is 0.301. The molecule has 158 valence electrons. The molecular formula is C22H23ClN2O5. The second-order valence-corrected chi connectivity index (χ2v) is 7.03. The van der Waals surface area contributed by atoms with Crippen LogP contribution in [0.15, 0.2) is 53.7 Å². The number of carbonyl (C=O) groups is 2. The van der Waals surface area contributed by atoms with Crippen molar-refractivity contribution in [3.05, 3.63) is 69.9 Å². The summed E-state index contributed by atoms with van der Waals surface area (Å²) < 4.78 is 16.3. The topological polar surface area (TPSA) is 85.9 Å². The lowest BCUT2D eigenvalue weighted by molar-refractivity contribution is -0.136. The summed E-state index contributed by atoms with van der Waals surface area (Å²) in [6.45, 7) is 2.16. The van der Waals surface area contributed by atoms with E-state index in [1.807, 2.05) is 19.1 Å². The van der Waals surface area contributed by atoms with Gasteiger partial charge in [-0.15, -0.1) is 0 Å². The highest BCUT2D eigenvalue weighted by molar-refractivity contribution is 6.30. The van der Waals surface area contributed by atoms with Crippen LogP contribution in [0.25, 0.3) is 0 Å². The van der Waals surface area contributed by atoms with Crippen LogP contribution in [-0.2, 0) is 16.1 Å². The zero-order chi connectivity index (χ0) is 21.7. The zero-order valence-corrected chi connectivity index (χ0v) is 17.7. The average Bonchev–Trinajstić information content (AvgIpc) is 2.77. The van der Waals surface area contributed by atoms with E-state index in [2.05, 4.69) is 10.6 Å². The van der Waals surface area contributed by atoms with E-state index < -0.39 is 12.0 Å². The summed E-state index contributed by atoms with van der Waals surface area (Å²) in [5, 5.41) is 6.12. The summed E-state index contributed by atoms with van der Waals surface area (Å²) >= 11 is 5.93. The van der Waals surface area contributed by atoms with Gasteiger partial charge < -0.3 is 24.8 Å². The fraction of sp³-hybridized carbons (Fsp3) is 0.273. The molecule has 8 heteroatoms. The van der Waals surface area contributed by atoms with Gasteiger partial charge in [0, 0.05) is 10.7 Å². The first-order valence-corrected chi connectivity index (χ1v) is 9.78. The molecule has 3 rings (SSSR count). The molecule has 1 atom stereocenters. The third kappa shape index (κ3) is 4.68. The smallest absolute Gasteiger partial charge is 0.337 e. The monoisotopic (exact) mass is 430 g/mol. The van der Waals surface area contributed by atoms with E-state index in [1.54, 1.807) is 37.4 Å². The fourth-order valence-electron chi connectivity index (χ4n) is 3.23. The van der Waals surface area contributed by atoms with E-state index in [0.717, 1.165) is 5.56 Å². The van der Waals surface area contributed by atoms with Crippen LogP contribution in [0.4, 0.5) is 4.79 Å². The number of ether oxygens (including phenoxy) is 3. The molecule has 30 heavy (non-hydrogen) atoms. The molecule has 1 unspecified atom stereocenters. The van der Waals surface area contributed by atoms with Gasteiger partial charge in [-0.25, -0.2) is 9.59 Å². The number of carbonyl (C=O) groups excluding carboxylic acids is 2. The van der Waals surface area contributed by atoms with E-state index >= 15 is 0 Å². The molecule has 0 spiro atoms. The Hall–Kier alpha value is -3.19. The number of hydrogen-bond acceptors (Lipinski definition) is 5. The molecule has 0 bridgehead atoms. The number of amides is 2. The number of hydrogen-bond donors (Lipinski definition) is 2. The van der Waals surface area contributed by atoms with Crippen molar-refractivity contribution in [2.75, 3.05) is 14.2 Å². The predicted octanol–water partition coefficient (Wildman–Crippen LogP) is 4.12. The Kier molecular flexibility index (Phi) is 6.84. The molecule has 0 fully saturated rings. The third-order valence-electron chi connectivity index (χ3n) is 4.74. The molecule has 0 aromatic heterocycles. The average molecular weight is 431 g/mol. The lowest BCUT2D eigenvalue weighted by atomic mass is 9.94. The van der Waals surface area contributed by atoms with Gasteiger partial charge in [0.2, 0.25) is 0 Å². The second kappa shape index (κ2) is 9.54. The van der Waals surface area contributed by atoms with Gasteiger partial charge >= 0.3 is 12.0 Å². The molecule has 2 amide bonds. The van der Waals surface area contributed by atoms with Crippen molar-refractivity contribution < 1.29 is 23.8 Å². The summed E-state index contributed by atoms with van der Waals surface area (Å²) in [6.07, 6.45) is 0.477. The van der Waals surface area contributed by atoms with Crippen molar-refractivity contribution >= 4 is 23.6 Å². The first kappa shape index (κ1) is 21.5. The lowest BCUT2D eigenvalue weighted by Gasteiger charge is -2.29. The van der Waals surface area contributed by atoms with Crippen molar-refractivity contribution in [2.45, 2.75) is 26.0 Å². The number of allylic oxidation sites excluding steroid dienone is 1. The number of halogens is 1. The van der Waals surface area contributed by atoms with E-state index in [0.29, 0.717) is 46.4 Å². The summed E-state index contributed by atoms with van der Waals surface area (Å²) in [6, 6.07) is 11.5. The predicted molar refractivity (Wildman–Crippen MR) is 113 cm³/mol. The Bertz CT molecular complexity index is 972. The van der Waals surface area contributed by atoms with Gasteiger partial charge in [0.05, 0.1) is 25.8 Å². The Balaban J connectivity index is 1.94. The van der Waals surface area contributed by atoms with Crippen LogP contribution in [-0.4, -0.2) is 26.2 Å². The van der Waals surface area contributed by atoms with Crippen LogP contribution < -0.4 is 20.1 Å². The van der Waals surface area contributed by atoms with E-state index in [1.165, 1.54) is 7.11 Å². The van der Waals surface area contributed by atoms with Crippen molar-refractivity contribution in [2.24, 2.45) is 0 Å². The van der Waals surface area contributed by atoms with E-state index in [9.17, 15) is 9.59 Å². The Morgan fingerprint density at radius 3 is 2.47 bits per heavy atom. The summed E-state index contributed by atoms with van der Waals surface area (Å²) in [5.41, 5.74) is 2.48. The maximum absolute atomic E-state index is 12.4. The van der Waals surface area contributed by atoms with Crippen molar-refractivity contribution in [1.82, 2.24) is 10.6 Å². The van der Waals surface area contributed by atoms with Gasteiger partial charge in [0.25, 0.3) is 0 Å². The first-order valence-electron chi connectivity index (χ1n) is 9.40. The maximum Gasteiger partial charge on any atom is 0.337 e. The van der Waals surface area contributed by atoms with Crippen LogP contribution in [0.5, 0.6) is 11.5 Å². The van der Waals surface area contributed by atoms with E-state index in [4.69, 9.17) is 25.8 Å². The number of methoxy groups -OCH3 is 2. The zero-order valence-electron chi connectivity index (χ0n) is 17.0. The van der Waals surface area contributed by atoms with Gasteiger partial charge in [0.1, 0.15) is 6.61 Å². The summed E-state index contributed by atoms with van der Waals surface area (Å²) in [4.78, 5) is 24.6. The molecule has 1 heterocycles. The van der Waals surface area contributed by atoms with Gasteiger partial charge in [-0.05, 0) is 41.8 Å². The lowest BCUT2D eigenvalue weighted by Crippen LogP contribution is -2.45. The molecule has 2 N–H and O–H groups in total. The van der Waals surface area contributed by atoms with Gasteiger partial charge in [-0.2, -0.15) is 0 Å². The molecule has 0 aliphatic carbocycles. The molecule has 1 aliphatic heterocycles. The van der Waals surface area contributed by atoms with Gasteiger partial charge in [-0.1, -0.05) is 36.7 Å². The summed E-state index contributed by atoms with van der Waals surface area (Å²) in [7, 11) is 2.86. The highest BCUT2D eigenvalue weighted by Gasteiger charge is 2.33. The standard InChI is InChI=1S/C22H23ClN2O5/c1-4-16-19(21(26)29-3)20(25-22(27)24-16)14-7-10-17(28-2)18(11-14)30-12-13-5-8-15(23)9-6-13/h5-11,20H,4,12H2,1-3H3,(H2,24,25,27). The molecular weight excluding hydrogens is 408 g/mol. The number of nitrogens with one attached hydrogen (secondary N) is 2. The molecule has 0 saturated heterocycles. The van der Waals surface area contributed by atoms with Gasteiger partial charge in [-0.3, -0.25) is 0 Å². The maximum atomic E-state index is 12.4. The number of esters is 1. The highest BCUT2D eigenvalue weighted by atomic mass is 35.5. The quantitative estimate of drug-likeness (QED) is 0.645. The molecule has 2 aromatic carbocycles. The second-order valence-electron chi connectivity index (χ2n) is 6.59. The van der Waals surface area contributed by atoms with Crippen LogP contribution in [0.1, 0.15) is 30.5 Å². The molecule has 0 saturated carbocycles. The minimum atomic E-state index is -0.676. The Morgan fingerprint density at radius 2 is 1.83 bits per heavy atom. The minimum Gasteiger partial charge on any atom is -0.493 e. The number of benzene rings is 2. The van der Waals surface area contributed by atoms with Gasteiger partial charge in [0.15, 0.2) is 11.5 Å². The highest BCUT2D eigenvalue weighted by Crippen LogP contribution is 2.35. The molecule has 0 radical (unpaired) electrons. The first-order chi connectivity index (χ1) is 14.5. The van der Waals surface area contributed by atoms with Crippen molar-refractivity contribution in [3.63, 3.8) is 0 Å². The van der Waals surface area contributed by atoms with Crippen LogP contribution >= 0.6 is 11.6 Å². The number of rotatable bonds is 7. The summed E-state index contributed by atoms with van der Waals surface area (Å²) in [5.74, 6) is 0.510. The van der Waals surface area contributed by atoms with Crippen LogP contribution in [0.2, 0.25) is 5.02 Å². The third-order valence-corrected chi connectivity index (χ3v) is 4.99. The SMILES string of the molecule is CCC1=C(C(=O)OC)C(c2ccc(OC)c(OCc3ccc(Cl)cc3)c2)NC(=O)N1. The normalized spacial score (nSPS) is 15.9. The van der Waals surface area contributed by atoms with Crippen molar-refractivity contribution in [1.29, 1.82) is 0 Å². The van der Waals surface area contributed by atoms with E-state index in [-0.39, 0.29) is 6.03 Å². The Labute approximate surface area is 180 Å². The van der Waals surface area contributed by atoms with Crippen LogP contribution in [0, 0.1) is 0 Å². The molecule has 1 aliphatic rings. The largest absolute Gasteiger partial charge is 0.493 e. The van der Waals surface area contributed by atoms with Crippen LogP contribution in [0.3, 0.4) is 0 Å².